The fourth-order valence-electron chi connectivity index (χ4n) is 2.48. The van der Waals surface area contributed by atoms with Crippen LogP contribution in [0, 0.1) is 5.82 Å². The van der Waals surface area contributed by atoms with Crippen molar-refractivity contribution in [3.05, 3.63) is 53.9 Å². The number of aliphatic hydroxyl groups is 1. The first-order valence-electron chi connectivity index (χ1n) is 6.97. The zero-order valence-electron chi connectivity index (χ0n) is 11.8. The van der Waals surface area contributed by atoms with Crippen molar-refractivity contribution in [3.8, 4) is 0 Å². The van der Waals surface area contributed by atoms with Crippen molar-refractivity contribution < 1.29 is 19.0 Å². The summed E-state index contributed by atoms with van der Waals surface area (Å²) in [7, 11) is 0. The highest BCUT2D eigenvalue weighted by atomic mass is 19.1. The average molecular weight is 305 g/mol. The van der Waals surface area contributed by atoms with Crippen molar-refractivity contribution in [1.82, 2.24) is 14.9 Å². The molecule has 6 nitrogen and oxygen atoms in total. The first kappa shape index (κ1) is 14.7. The lowest BCUT2D eigenvalue weighted by Crippen LogP contribution is -2.44. The molecular weight excluding hydrogens is 289 g/mol. The minimum atomic E-state index is -1.28. The van der Waals surface area contributed by atoms with Crippen LogP contribution in [0.5, 0.6) is 0 Å². The van der Waals surface area contributed by atoms with E-state index in [4.69, 9.17) is 4.74 Å². The van der Waals surface area contributed by atoms with Crippen LogP contribution in [-0.2, 0) is 9.53 Å². The number of nitrogens with one attached hydrogen (secondary N) is 1. The summed E-state index contributed by atoms with van der Waals surface area (Å²) < 4.78 is 18.9. The molecule has 1 fully saturated rings. The molecule has 0 aliphatic carbocycles. The van der Waals surface area contributed by atoms with Gasteiger partial charge in [0.05, 0.1) is 31.4 Å². The molecule has 1 aromatic carbocycles. The molecule has 1 aliphatic rings. The number of ether oxygens (including phenoxy) is 1. The zero-order valence-corrected chi connectivity index (χ0v) is 11.8. The Bertz CT molecular complexity index is 647. The third kappa shape index (κ3) is 3.00. The molecule has 116 valence electrons. The number of hydrogen-bond acceptors (Lipinski definition) is 4. The minimum Gasteiger partial charge on any atom is -0.377 e. The lowest BCUT2D eigenvalue weighted by molar-refractivity contribution is -0.148. The van der Waals surface area contributed by atoms with Gasteiger partial charge in [0.2, 0.25) is 0 Å². The summed E-state index contributed by atoms with van der Waals surface area (Å²) in [6, 6.07) is 6.11. The molecule has 3 rings (SSSR count). The van der Waals surface area contributed by atoms with Crippen molar-refractivity contribution >= 4 is 5.91 Å². The van der Waals surface area contributed by atoms with Crippen molar-refractivity contribution in [2.75, 3.05) is 19.7 Å². The summed E-state index contributed by atoms with van der Waals surface area (Å²) in [6.45, 7) is 0.992. The molecule has 1 aliphatic heterocycles. The van der Waals surface area contributed by atoms with Gasteiger partial charge in [0.1, 0.15) is 11.9 Å². The van der Waals surface area contributed by atoms with Crippen LogP contribution in [0.15, 0.2) is 36.8 Å². The van der Waals surface area contributed by atoms with Gasteiger partial charge >= 0.3 is 0 Å². The zero-order chi connectivity index (χ0) is 15.5. The van der Waals surface area contributed by atoms with Crippen LogP contribution in [0.1, 0.15) is 23.5 Å². The van der Waals surface area contributed by atoms with Gasteiger partial charge in [0, 0.05) is 6.54 Å². The van der Waals surface area contributed by atoms with Crippen LogP contribution >= 0.6 is 0 Å². The van der Waals surface area contributed by atoms with E-state index >= 15 is 0 Å². The van der Waals surface area contributed by atoms with E-state index in [9.17, 15) is 14.3 Å². The molecule has 2 atom stereocenters. The molecule has 2 unspecified atom stereocenters. The van der Waals surface area contributed by atoms with Crippen LogP contribution in [0.25, 0.3) is 0 Å². The van der Waals surface area contributed by atoms with Crippen LogP contribution in [0.4, 0.5) is 4.39 Å². The van der Waals surface area contributed by atoms with Gasteiger partial charge in [-0.05, 0) is 17.7 Å². The molecule has 0 spiro atoms. The van der Waals surface area contributed by atoms with Gasteiger partial charge in [-0.25, -0.2) is 9.37 Å². The van der Waals surface area contributed by atoms with E-state index in [-0.39, 0.29) is 12.4 Å². The van der Waals surface area contributed by atoms with Crippen LogP contribution in [0.2, 0.25) is 0 Å². The Hall–Kier alpha value is -2.25. The molecule has 0 radical (unpaired) electrons. The topological polar surface area (TPSA) is 78.4 Å². The van der Waals surface area contributed by atoms with Crippen molar-refractivity contribution in [2.24, 2.45) is 0 Å². The molecule has 2 N–H and O–H groups in total. The second-order valence-electron chi connectivity index (χ2n) is 5.11. The number of rotatable bonds is 3. The number of nitrogens with zero attached hydrogens (tertiary/aromatic N) is 2. The standard InChI is InChI=1S/C15H16FN3O3/c16-11-3-1-2-10(6-11)13-8-19(4-5-22-13)15(21)14(20)12-7-17-9-18-12/h1-3,6-7,9,13-14,20H,4-5,8H2,(H,17,18). The summed E-state index contributed by atoms with van der Waals surface area (Å²) in [5.74, 6) is -0.768. The summed E-state index contributed by atoms with van der Waals surface area (Å²) in [5, 5.41) is 10.1. The number of carbonyl (C=O) groups excluding carboxylic acids is 1. The number of imidazole rings is 1. The average Bonchev–Trinajstić information content (AvgIpc) is 3.08. The van der Waals surface area contributed by atoms with Gasteiger partial charge in [-0.3, -0.25) is 4.79 Å². The second kappa shape index (κ2) is 6.25. The quantitative estimate of drug-likeness (QED) is 0.892. The van der Waals surface area contributed by atoms with Gasteiger partial charge in [0.15, 0.2) is 6.10 Å². The number of aromatic amines is 1. The third-order valence-corrected chi connectivity index (χ3v) is 3.65. The molecule has 2 heterocycles. The number of morpholine rings is 1. The second-order valence-corrected chi connectivity index (χ2v) is 5.11. The molecule has 22 heavy (non-hydrogen) atoms. The molecular formula is C15H16FN3O3. The van der Waals surface area contributed by atoms with Crippen molar-refractivity contribution in [3.63, 3.8) is 0 Å². The summed E-state index contributed by atoms with van der Waals surface area (Å²) in [4.78, 5) is 20.4. The number of benzene rings is 1. The number of halogens is 1. The molecule has 7 heteroatoms. The van der Waals surface area contributed by atoms with Gasteiger partial charge in [-0.15, -0.1) is 0 Å². The number of aliphatic hydroxyl groups excluding tert-OH is 1. The number of aromatic nitrogens is 2. The van der Waals surface area contributed by atoms with Gasteiger partial charge in [0.25, 0.3) is 5.91 Å². The van der Waals surface area contributed by atoms with Gasteiger partial charge in [-0.2, -0.15) is 0 Å². The predicted octanol–water partition coefficient (Wildman–Crippen LogP) is 1.18. The molecule has 1 aromatic heterocycles. The maximum Gasteiger partial charge on any atom is 0.257 e. The van der Waals surface area contributed by atoms with Crippen LogP contribution < -0.4 is 0 Å². The predicted molar refractivity (Wildman–Crippen MR) is 75.2 cm³/mol. The lowest BCUT2D eigenvalue weighted by Gasteiger charge is -2.34. The number of H-pyrrole nitrogens is 1. The van der Waals surface area contributed by atoms with E-state index in [1.54, 1.807) is 12.1 Å². The van der Waals surface area contributed by atoms with E-state index in [1.807, 2.05) is 0 Å². The monoisotopic (exact) mass is 305 g/mol. The Morgan fingerprint density at radius 2 is 2.41 bits per heavy atom. The highest BCUT2D eigenvalue weighted by Gasteiger charge is 2.30. The first-order chi connectivity index (χ1) is 10.6. The molecule has 2 aromatic rings. The van der Waals surface area contributed by atoms with E-state index in [0.717, 1.165) is 0 Å². The summed E-state index contributed by atoms with van der Waals surface area (Å²) in [6.07, 6.45) is 1.13. The Kier molecular flexibility index (Phi) is 4.17. The maximum absolute atomic E-state index is 13.3. The Morgan fingerprint density at radius 3 is 3.14 bits per heavy atom. The van der Waals surface area contributed by atoms with Gasteiger partial charge in [-0.1, -0.05) is 12.1 Å². The summed E-state index contributed by atoms with van der Waals surface area (Å²) in [5.41, 5.74) is 1.02. The van der Waals surface area contributed by atoms with Crippen LogP contribution in [-0.4, -0.2) is 45.6 Å². The number of carbonyl (C=O) groups is 1. The third-order valence-electron chi connectivity index (χ3n) is 3.65. The minimum absolute atomic E-state index is 0.271. The molecule has 0 bridgehead atoms. The highest BCUT2D eigenvalue weighted by molar-refractivity contribution is 5.81. The largest absolute Gasteiger partial charge is 0.377 e. The van der Waals surface area contributed by atoms with E-state index < -0.39 is 18.1 Å². The Morgan fingerprint density at radius 1 is 1.55 bits per heavy atom. The maximum atomic E-state index is 13.3. The fourth-order valence-corrected chi connectivity index (χ4v) is 2.48. The summed E-state index contributed by atoms with van der Waals surface area (Å²) >= 11 is 0. The molecule has 1 saturated heterocycles. The Labute approximate surface area is 126 Å². The SMILES string of the molecule is O=C(C(O)c1cnc[nH]1)N1CCOC(c2cccc(F)c2)C1. The Balaban J connectivity index is 1.71. The normalized spacial score (nSPS) is 19.9. The lowest BCUT2D eigenvalue weighted by atomic mass is 10.1. The van der Waals surface area contributed by atoms with Crippen molar-refractivity contribution in [2.45, 2.75) is 12.2 Å². The van der Waals surface area contributed by atoms with E-state index in [2.05, 4.69) is 9.97 Å². The highest BCUT2D eigenvalue weighted by Crippen LogP contribution is 2.24. The fraction of sp³-hybridized carbons (Fsp3) is 0.333. The first-order valence-corrected chi connectivity index (χ1v) is 6.97. The van der Waals surface area contributed by atoms with E-state index in [1.165, 1.54) is 29.6 Å². The van der Waals surface area contributed by atoms with Crippen LogP contribution in [0.3, 0.4) is 0 Å². The molecule has 1 amide bonds. The van der Waals surface area contributed by atoms with Gasteiger partial charge < -0.3 is 19.7 Å². The number of hydrogen-bond donors (Lipinski definition) is 2. The van der Waals surface area contributed by atoms with Crippen molar-refractivity contribution in [1.29, 1.82) is 0 Å². The number of amides is 1. The van der Waals surface area contributed by atoms with E-state index in [0.29, 0.717) is 24.4 Å². The molecule has 0 saturated carbocycles. The smallest absolute Gasteiger partial charge is 0.257 e.